The molecule has 3 heterocycles. The summed E-state index contributed by atoms with van der Waals surface area (Å²) >= 11 is 0. The summed E-state index contributed by atoms with van der Waals surface area (Å²) in [6, 6.07) is 6.03. The van der Waals surface area contributed by atoms with Gasteiger partial charge in [-0.15, -0.1) is 0 Å². The van der Waals surface area contributed by atoms with Gasteiger partial charge in [0.2, 0.25) is 5.91 Å². The summed E-state index contributed by atoms with van der Waals surface area (Å²) in [4.78, 5) is 18.6. The molecule has 0 saturated carbocycles. The topological polar surface area (TPSA) is 45.2 Å². The van der Waals surface area contributed by atoms with Gasteiger partial charge in [0.25, 0.3) is 0 Å². The van der Waals surface area contributed by atoms with E-state index < -0.39 is 0 Å². The lowest BCUT2D eigenvalue weighted by molar-refractivity contribution is -0.130. The summed E-state index contributed by atoms with van der Waals surface area (Å²) in [7, 11) is 0. The van der Waals surface area contributed by atoms with Crippen molar-refractivity contribution < 1.29 is 4.79 Å². The van der Waals surface area contributed by atoms with Crippen molar-refractivity contribution in [1.82, 2.24) is 15.2 Å². The fourth-order valence-corrected chi connectivity index (χ4v) is 3.05. The zero-order valence-corrected chi connectivity index (χ0v) is 10.6. The second kappa shape index (κ2) is 4.69. The first kappa shape index (κ1) is 11.7. The van der Waals surface area contributed by atoms with Gasteiger partial charge < -0.3 is 5.32 Å². The van der Waals surface area contributed by atoms with Crippen LogP contribution in [0, 0.1) is 5.41 Å². The molecule has 2 fully saturated rings. The smallest absolute Gasteiger partial charge is 0.226 e. The molecular formula is C14H19N3O. The number of carbonyl (C=O) groups excluding carboxylic acids is 1. The molecule has 2 saturated heterocycles. The number of nitrogens with zero attached hydrogens (tertiary/aromatic N) is 2. The van der Waals surface area contributed by atoms with Crippen LogP contribution < -0.4 is 5.32 Å². The lowest BCUT2D eigenvalue weighted by atomic mass is 9.77. The molecular weight excluding hydrogens is 226 g/mol. The number of likely N-dealkylation sites (tertiary alicyclic amines) is 1. The van der Waals surface area contributed by atoms with E-state index in [9.17, 15) is 4.79 Å². The van der Waals surface area contributed by atoms with E-state index in [1.54, 1.807) is 0 Å². The average Bonchev–Trinajstić information content (AvgIpc) is 2.75. The van der Waals surface area contributed by atoms with Gasteiger partial charge in [-0.3, -0.25) is 14.7 Å². The second-order valence-electron chi connectivity index (χ2n) is 5.38. The van der Waals surface area contributed by atoms with Crippen LogP contribution in [0.2, 0.25) is 0 Å². The van der Waals surface area contributed by atoms with Crippen molar-refractivity contribution in [2.24, 2.45) is 5.41 Å². The number of aromatic nitrogens is 1. The third-order valence-corrected chi connectivity index (χ3v) is 4.30. The third-order valence-electron chi connectivity index (χ3n) is 4.30. The zero-order chi connectivity index (χ0) is 12.4. The minimum atomic E-state index is -0.0549. The van der Waals surface area contributed by atoms with Gasteiger partial charge in [-0.25, -0.2) is 0 Å². The van der Waals surface area contributed by atoms with Crippen LogP contribution >= 0.6 is 0 Å². The van der Waals surface area contributed by atoms with Crippen molar-refractivity contribution in [1.29, 1.82) is 0 Å². The minimum absolute atomic E-state index is 0.0549. The molecule has 0 aliphatic carbocycles. The molecule has 3 rings (SSSR count). The monoisotopic (exact) mass is 245 g/mol. The Morgan fingerprint density at radius 3 is 2.72 bits per heavy atom. The highest BCUT2D eigenvalue weighted by atomic mass is 16.2. The molecule has 0 unspecified atom stereocenters. The Kier molecular flexibility index (Phi) is 3.04. The number of amides is 1. The number of carbonyl (C=O) groups is 1. The highest BCUT2D eigenvalue weighted by molar-refractivity contribution is 5.84. The zero-order valence-electron chi connectivity index (χ0n) is 10.6. The molecule has 2 aliphatic heterocycles. The van der Waals surface area contributed by atoms with Gasteiger partial charge in [-0.2, -0.15) is 0 Å². The van der Waals surface area contributed by atoms with Crippen molar-refractivity contribution in [2.45, 2.75) is 25.8 Å². The van der Waals surface area contributed by atoms with Gasteiger partial charge in [0, 0.05) is 19.3 Å². The Labute approximate surface area is 107 Å². The Hall–Kier alpha value is -1.42. The van der Waals surface area contributed by atoms with Crippen molar-refractivity contribution in [2.75, 3.05) is 19.6 Å². The number of nitrogens with one attached hydrogen (secondary N) is 1. The molecule has 1 amide bonds. The van der Waals surface area contributed by atoms with Crippen molar-refractivity contribution in [3.63, 3.8) is 0 Å². The van der Waals surface area contributed by atoms with E-state index in [1.807, 2.05) is 18.3 Å². The number of rotatable bonds is 2. The predicted octanol–water partition coefficient (Wildman–Crippen LogP) is 1.18. The number of piperidine rings is 1. The molecule has 1 aromatic rings. The molecule has 0 aromatic carbocycles. The van der Waals surface area contributed by atoms with Crippen LogP contribution in [-0.4, -0.2) is 35.4 Å². The van der Waals surface area contributed by atoms with Gasteiger partial charge in [0.1, 0.15) is 0 Å². The maximum atomic E-state index is 11.9. The number of hydrogen-bond acceptors (Lipinski definition) is 3. The molecule has 4 heteroatoms. The van der Waals surface area contributed by atoms with Crippen LogP contribution in [0.15, 0.2) is 24.4 Å². The van der Waals surface area contributed by atoms with E-state index in [1.165, 1.54) is 0 Å². The van der Waals surface area contributed by atoms with E-state index in [4.69, 9.17) is 0 Å². The first-order valence-corrected chi connectivity index (χ1v) is 6.69. The Bertz CT molecular complexity index is 424. The van der Waals surface area contributed by atoms with Crippen LogP contribution in [0.5, 0.6) is 0 Å². The van der Waals surface area contributed by atoms with Crippen molar-refractivity contribution in [3.8, 4) is 0 Å². The van der Waals surface area contributed by atoms with Crippen LogP contribution in [0.3, 0.4) is 0 Å². The van der Waals surface area contributed by atoms with Crippen LogP contribution in [0.1, 0.15) is 25.0 Å². The average molecular weight is 245 g/mol. The van der Waals surface area contributed by atoms with Gasteiger partial charge >= 0.3 is 0 Å². The first-order chi connectivity index (χ1) is 8.78. The fourth-order valence-electron chi connectivity index (χ4n) is 3.05. The van der Waals surface area contributed by atoms with Crippen LogP contribution in [-0.2, 0) is 11.3 Å². The molecule has 2 aliphatic rings. The van der Waals surface area contributed by atoms with E-state index in [2.05, 4.69) is 21.3 Å². The quantitative estimate of drug-likeness (QED) is 0.851. The Morgan fingerprint density at radius 2 is 2.11 bits per heavy atom. The molecule has 0 bridgehead atoms. The molecule has 18 heavy (non-hydrogen) atoms. The summed E-state index contributed by atoms with van der Waals surface area (Å²) in [5.41, 5.74) is 1.06. The maximum Gasteiger partial charge on any atom is 0.226 e. The van der Waals surface area contributed by atoms with Crippen molar-refractivity contribution in [3.05, 3.63) is 30.1 Å². The third kappa shape index (κ3) is 2.12. The summed E-state index contributed by atoms with van der Waals surface area (Å²) in [6.45, 7) is 3.77. The molecule has 0 atom stereocenters. The normalized spacial score (nSPS) is 23.2. The SMILES string of the molecule is O=C1NCCC12CCN(Cc1ccccn1)CC2. The van der Waals surface area contributed by atoms with E-state index in [0.29, 0.717) is 0 Å². The summed E-state index contributed by atoms with van der Waals surface area (Å²) in [5.74, 6) is 0.278. The molecule has 1 aromatic heterocycles. The molecule has 4 nitrogen and oxygen atoms in total. The molecule has 96 valence electrons. The Balaban J connectivity index is 1.59. The second-order valence-corrected chi connectivity index (χ2v) is 5.38. The first-order valence-electron chi connectivity index (χ1n) is 6.69. The van der Waals surface area contributed by atoms with Gasteiger partial charge in [-0.1, -0.05) is 6.07 Å². The van der Waals surface area contributed by atoms with E-state index >= 15 is 0 Å². The van der Waals surface area contributed by atoms with E-state index in [-0.39, 0.29) is 11.3 Å². The maximum absolute atomic E-state index is 11.9. The number of hydrogen-bond donors (Lipinski definition) is 1. The lowest BCUT2D eigenvalue weighted by Gasteiger charge is -2.37. The fraction of sp³-hybridized carbons (Fsp3) is 0.571. The predicted molar refractivity (Wildman–Crippen MR) is 68.8 cm³/mol. The highest BCUT2D eigenvalue weighted by Gasteiger charge is 2.44. The molecule has 1 spiro atoms. The van der Waals surface area contributed by atoms with Crippen molar-refractivity contribution >= 4 is 5.91 Å². The van der Waals surface area contributed by atoms with Crippen LogP contribution in [0.25, 0.3) is 0 Å². The molecule has 0 radical (unpaired) electrons. The van der Waals surface area contributed by atoms with Gasteiger partial charge in [0.15, 0.2) is 0 Å². The largest absolute Gasteiger partial charge is 0.356 e. The lowest BCUT2D eigenvalue weighted by Crippen LogP contribution is -2.43. The summed E-state index contributed by atoms with van der Waals surface area (Å²) in [6.07, 6.45) is 4.84. The van der Waals surface area contributed by atoms with Crippen LogP contribution in [0.4, 0.5) is 0 Å². The van der Waals surface area contributed by atoms with E-state index in [0.717, 1.165) is 51.1 Å². The number of pyridine rings is 1. The molecule has 1 N–H and O–H groups in total. The Morgan fingerprint density at radius 1 is 1.28 bits per heavy atom. The summed E-state index contributed by atoms with van der Waals surface area (Å²) < 4.78 is 0. The highest BCUT2D eigenvalue weighted by Crippen LogP contribution is 2.38. The van der Waals surface area contributed by atoms with Gasteiger partial charge in [0.05, 0.1) is 11.1 Å². The summed E-state index contributed by atoms with van der Waals surface area (Å²) in [5, 5.41) is 2.97. The minimum Gasteiger partial charge on any atom is -0.356 e. The van der Waals surface area contributed by atoms with Gasteiger partial charge in [-0.05, 0) is 44.5 Å². The standard InChI is InChI=1S/C14H19N3O/c18-13-14(4-8-16-13)5-9-17(10-6-14)11-12-3-1-2-7-15-12/h1-3,7H,4-6,8-11H2,(H,16,18).